The van der Waals surface area contributed by atoms with Crippen molar-refractivity contribution in [3.05, 3.63) is 24.3 Å². The van der Waals surface area contributed by atoms with Crippen LogP contribution < -0.4 is 0 Å². The van der Waals surface area contributed by atoms with Crippen LogP contribution in [0.15, 0.2) is 24.3 Å². The van der Waals surface area contributed by atoms with Gasteiger partial charge in [-0.1, -0.05) is 167 Å². The fraction of sp³-hybridized carbons (Fsp3) is 0.857. The molecule has 0 fully saturated rings. The minimum absolute atomic E-state index is 0.000560. The van der Waals surface area contributed by atoms with Crippen molar-refractivity contribution >= 4 is 19.8 Å². The molecule has 0 bridgehead atoms. The van der Waals surface area contributed by atoms with E-state index in [0.29, 0.717) is 12.8 Å². The molecular formula is C42H79O8P. The van der Waals surface area contributed by atoms with Crippen molar-refractivity contribution in [1.82, 2.24) is 0 Å². The van der Waals surface area contributed by atoms with Crippen LogP contribution in [0.3, 0.4) is 0 Å². The molecule has 51 heavy (non-hydrogen) atoms. The highest BCUT2D eigenvalue weighted by molar-refractivity contribution is 7.47. The third kappa shape index (κ3) is 38.1. The Morgan fingerprint density at radius 3 is 1.41 bits per heavy atom. The minimum Gasteiger partial charge on any atom is -0.462 e. The summed E-state index contributed by atoms with van der Waals surface area (Å²) in [6.45, 7) is 5.46. The summed E-state index contributed by atoms with van der Waals surface area (Å²) in [5, 5.41) is 0. The normalized spacial score (nSPS) is 13.6. The Kier molecular flexibility index (Phi) is 37.2. The zero-order chi connectivity index (χ0) is 37.5. The van der Waals surface area contributed by atoms with E-state index in [0.717, 1.165) is 51.4 Å². The van der Waals surface area contributed by atoms with Crippen molar-refractivity contribution in [2.24, 2.45) is 0 Å². The average molecular weight is 743 g/mol. The first kappa shape index (κ1) is 49.5. The summed E-state index contributed by atoms with van der Waals surface area (Å²) in [7, 11) is -4.28. The first-order chi connectivity index (χ1) is 24.8. The van der Waals surface area contributed by atoms with Gasteiger partial charge < -0.3 is 14.4 Å². The Morgan fingerprint density at radius 1 is 0.529 bits per heavy atom. The molecule has 0 saturated carbocycles. The quantitative estimate of drug-likeness (QED) is 0.0287. The SMILES string of the molecule is CCCCCC/C=C\C/C=C\CCCCCCCCCC(=O)OC(COC(=O)CCCCCCCCCCCCCCC)COP(=O)(O)OCC. The van der Waals surface area contributed by atoms with Gasteiger partial charge in [-0.25, -0.2) is 4.57 Å². The zero-order valence-electron chi connectivity index (χ0n) is 33.3. The summed E-state index contributed by atoms with van der Waals surface area (Å²) in [6.07, 6.45) is 40.8. The van der Waals surface area contributed by atoms with Gasteiger partial charge in [-0.15, -0.1) is 0 Å². The van der Waals surface area contributed by atoms with E-state index in [9.17, 15) is 19.0 Å². The molecule has 0 spiro atoms. The number of ether oxygens (including phenoxy) is 2. The van der Waals surface area contributed by atoms with Crippen LogP contribution in [0.2, 0.25) is 0 Å². The summed E-state index contributed by atoms with van der Waals surface area (Å²) in [6, 6.07) is 0. The van der Waals surface area contributed by atoms with E-state index in [4.69, 9.17) is 18.5 Å². The molecule has 0 aliphatic rings. The van der Waals surface area contributed by atoms with Crippen molar-refractivity contribution in [3.8, 4) is 0 Å². The molecule has 0 saturated heterocycles. The van der Waals surface area contributed by atoms with Gasteiger partial charge >= 0.3 is 19.8 Å². The lowest BCUT2D eigenvalue weighted by atomic mass is 10.0. The highest BCUT2D eigenvalue weighted by Gasteiger charge is 2.25. The molecule has 0 aromatic carbocycles. The van der Waals surface area contributed by atoms with Crippen LogP contribution in [0, 0.1) is 0 Å². The summed E-state index contributed by atoms with van der Waals surface area (Å²) in [4.78, 5) is 34.7. The molecule has 8 nitrogen and oxygen atoms in total. The van der Waals surface area contributed by atoms with Crippen LogP contribution >= 0.6 is 7.82 Å². The number of unbranched alkanes of at least 4 members (excludes halogenated alkanes) is 23. The second kappa shape index (κ2) is 38.3. The Labute approximate surface area is 313 Å². The van der Waals surface area contributed by atoms with E-state index in [-0.39, 0.29) is 25.6 Å². The van der Waals surface area contributed by atoms with Crippen LogP contribution in [0.25, 0.3) is 0 Å². The number of rotatable bonds is 39. The lowest BCUT2D eigenvalue weighted by Gasteiger charge is -2.19. The molecule has 0 amide bonds. The van der Waals surface area contributed by atoms with Gasteiger partial charge in [0.25, 0.3) is 0 Å². The minimum atomic E-state index is -4.28. The Morgan fingerprint density at radius 2 is 0.941 bits per heavy atom. The molecule has 1 N–H and O–H groups in total. The largest absolute Gasteiger partial charge is 0.472 e. The zero-order valence-corrected chi connectivity index (χ0v) is 34.2. The molecule has 0 heterocycles. The highest BCUT2D eigenvalue weighted by atomic mass is 31.2. The van der Waals surface area contributed by atoms with Gasteiger partial charge in [0.05, 0.1) is 13.2 Å². The van der Waals surface area contributed by atoms with Gasteiger partial charge in [-0.3, -0.25) is 18.6 Å². The fourth-order valence-corrected chi connectivity index (χ4v) is 6.65. The molecule has 2 atom stereocenters. The van der Waals surface area contributed by atoms with Crippen molar-refractivity contribution in [2.75, 3.05) is 19.8 Å². The first-order valence-electron chi connectivity index (χ1n) is 21.1. The highest BCUT2D eigenvalue weighted by Crippen LogP contribution is 2.43. The maximum atomic E-state index is 12.5. The van der Waals surface area contributed by atoms with E-state index in [1.54, 1.807) is 6.92 Å². The third-order valence-electron chi connectivity index (χ3n) is 9.01. The number of hydrogen-bond donors (Lipinski definition) is 1. The van der Waals surface area contributed by atoms with Crippen molar-refractivity contribution in [3.63, 3.8) is 0 Å². The predicted octanol–water partition coefficient (Wildman–Crippen LogP) is 13.1. The molecular weight excluding hydrogens is 663 g/mol. The number of hydrogen-bond acceptors (Lipinski definition) is 7. The van der Waals surface area contributed by atoms with Gasteiger partial charge in [0.15, 0.2) is 6.10 Å². The number of allylic oxidation sites excluding steroid dienone is 4. The first-order valence-corrected chi connectivity index (χ1v) is 22.6. The summed E-state index contributed by atoms with van der Waals surface area (Å²) in [5.41, 5.74) is 0. The number of phosphoric ester groups is 1. The number of phosphoric acid groups is 1. The third-order valence-corrected chi connectivity index (χ3v) is 10.1. The van der Waals surface area contributed by atoms with Crippen molar-refractivity contribution in [1.29, 1.82) is 0 Å². The molecule has 0 aromatic heterocycles. The lowest BCUT2D eigenvalue weighted by molar-refractivity contribution is -0.161. The van der Waals surface area contributed by atoms with Crippen LogP contribution in [-0.4, -0.2) is 42.8 Å². The molecule has 300 valence electrons. The van der Waals surface area contributed by atoms with E-state index >= 15 is 0 Å². The molecule has 2 unspecified atom stereocenters. The Balaban J connectivity index is 4.09. The van der Waals surface area contributed by atoms with Gasteiger partial charge in [0.1, 0.15) is 6.61 Å². The topological polar surface area (TPSA) is 108 Å². The molecule has 9 heteroatoms. The van der Waals surface area contributed by atoms with Crippen LogP contribution in [0.1, 0.15) is 207 Å². The molecule has 0 aliphatic heterocycles. The van der Waals surface area contributed by atoms with E-state index in [1.165, 1.54) is 116 Å². The fourth-order valence-electron chi connectivity index (χ4n) is 5.89. The molecule has 0 radical (unpaired) electrons. The Bertz CT molecular complexity index is 890. The predicted molar refractivity (Wildman–Crippen MR) is 212 cm³/mol. The van der Waals surface area contributed by atoms with Gasteiger partial charge in [0, 0.05) is 12.8 Å². The summed E-state index contributed by atoms with van der Waals surface area (Å²) >= 11 is 0. The van der Waals surface area contributed by atoms with Gasteiger partial charge in [-0.05, 0) is 51.9 Å². The standard InChI is InChI=1S/C42H79O8P/c1-4-7-9-11-13-15-17-19-20-21-22-23-25-27-29-31-33-35-37-42(44)50-40(39-49-51(45,46)48-6-3)38-47-41(43)36-34-32-30-28-26-24-18-16-14-12-10-8-5-2/h15,17,20-21,40H,4-14,16,18-19,22-39H2,1-3H3,(H,45,46)/b17-15-,21-20-. The van der Waals surface area contributed by atoms with Crippen LogP contribution in [-0.2, 0) is 32.7 Å². The maximum absolute atomic E-state index is 12.5. The lowest BCUT2D eigenvalue weighted by Crippen LogP contribution is -2.29. The van der Waals surface area contributed by atoms with E-state index in [2.05, 4.69) is 38.2 Å². The summed E-state index contributed by atoms with van der Waals surface area (Å²) in [5.74, 6) is -0.800. The van der Waals surface area contributed by atoms with Crippen LogP contribution in [0.4, 0.5) is 0 Å². The molecule has 0 rings (SSSR count). The monoisotopic (exact) mass is 743 g/mol. The second-order valence-corrected chi connectivity index (χ2v) is 15.5. The Hall–Kier alpha value is -1.47. The average Bonchev–Trinajstić information content (AvgIpc) is 3.10. The number of esters is 2. The number of carbonyl (C=O) groups is 2. The summed E-state index contributed by atoms with van der Waals surface area (Å²) < 4.78 is 32.6. The maximum Gasteiger partial charge on any atom is 0.472 e. The second-order valence-electron chi connectivity index (χ2n) is 14.0. The number of carbonyl (C=O) groups excluding carboxylic acids is 2. The molecule has 0 aromatic rings. The van der Waals surface area contributed by atoms with E-state index < -0.39 is 26.5 Å². The van der Waals surface area contributed by atoms with Crippen LogP contribution in [0.5, 0.6) is 0 Å². The van der Waals surface area contributed by atoms with E-state index in [1.807, 2.05) is 0 Å². The van der Waals surface area contributed by atoms with Gasteiger partial charge in [0.2, 0.25) is 0 Å². The van der Waals surface area contributed by atoms with Crippen molar-refractivity contribution < 1.29 is 37.6 Å². The van der Waals surface area contributed by atoms with Gasteiger partial charge in [-0.2, -0.15) is 0 Å². The molecule has 0 aliphatic carbocycles. The van der Waals surface area contributed by atoms with Crippen molar-refractivity contribution in [2.45, 2.75) is 213 Å². The smallest absolute Gasteiger partial charge is 0.462 e.